The van der Waals surface area contributed by atoms with Crippen molar-refractivity contribution in [2.45, 2.75) is 6.92 Å². The largest absolute Gasteiger partial charge is 0.393 e. The minimum Gasteiger partial charge on any atom is -0.393 e. The number of carbonyl (C=O) groups excluding carboxylic acids is 1. The monoisotopic (exact) mass is 253 g/mol. The van der Waals surface area contributed by atoms with Crippen molar-refractivity contribution in [1.82, 2.24) is 4.98 Å². The topological polar surface area (TPSA) is 99.1 Å². The number of thioether (sulfide) groups is 1. The summed E-state index contributed by atoms with van der Waals surface area (Å²) in [7, 11) is 0. The molecule has 0 saturated heterocycles. The lowest BCUT2D eigenvalue weighted by Gasteiger charge is -2.00. The molecule has 0 saturated carbocycles. The van der Waals surface area contributed by atoms with Gasteiger partial charge in [-0.2, -0.15) is 0 Å². The van der Waals surface area contributed by atoms with E-state index in [1.807, 2.05) is 0 Å². The molecular weight excluding hydrogens is 242 g/mol. The number of nitro groups is 1. The molecule has 1 rings (SSSR count). The zero-order valence-corrected chi connectivity index (χ0v) is 9.94. The van der Waals surface area contributed by atoms with E-state index in [0.717, 1.165) is 18.0 Å². The summed E-state index contributed by atoms with van der Waals surface area (Å²) in [5, 5.41) is 10.6. The van der Waals surface area contributed by atoms with Gasteiger partial charge in [0, 0.05) is 24.4 Å². The van der Waals surface area contributed by atoms with Crippen molar-refractivity contribution < 1.29 is 9.72 Å². The molecule has 0 aliphatic rings. The molecule has 0 fully saturated rings. The molecule has 0 bridgehead atoms. The Morgan fingerprint density at radius 1 is 1.65 bits per heavy atom. The second-order valence-electron chi connectivity index (χ2n) is 3.12. The van der Waals surface area contributed by atoms with Gasteiger partial charge in [-0.25, -0.2) is 0 Å². The van der Waals surface area contributed by atoms with Gasteiger partial charge < -0.3 is 5.73 Å². The maximum Gasteiger partial charge on any atom is 0.310 e. The zero-order chi connectivity index (χ0) is 12.8. The van der Waals surface area contributed by atoms with Crippen LogP contribution in [0.2, 0.25) is 0 Å². The molecule has 7 heteroatoms. The van der Waals surface area contributed by atoms with Crippen LogP contribution in [0, 0.1) is 10.1 Å². The van der Waals surface area contributed by atoms with Gasteiger partial charge in [0.15, 0.2) is 5.12 Å². The van der Waals surface area contributed by atoms with Gasteiger partial charge in [0.05, 0.1) is 4.92 Å². The standard InChI is InChI=1S/C10H11N3O3S/c1-7(14)17-4-2-3-8-5-12-6-9(10(8)11)13(15)16/h2-3,5-6H,4H2,1H3,(H2,11,12). The van der Waals surface area contributed by atoms with Crippen molar-refractivity contribution in [2.75, 3.05) is 11.5 Å². The van der Waals surface area contributed by atoms with Gasteiger partial charge in [0.25, 0.3) is 0 Å². The summed E-state index contributed by atoms with van der Waals surface area (Å²) < 4.78 is 0. The van der Waals surface area contributed by atoms with E-state index in [4.69, 9.17) is 5.73 Å². The Hall–Kier alpha value is -1.89. The van der Waals surface area contributed by atoms with Crippen LogP contribution in [0.3, 0.4) is 0 Å². The first-order valence-electron chi connectivity index (χ1n) is 4.70. The van der Waals surface area contributed by atoms with Gasteiger partial charge in [0.1, 0.15) is 11.9 Å². The highest BCUT2D eigenvalue weighted by atomic mass is 32.2. The van der Waals surface area contributed by atoms with Crippen molar-refractivity contribution in [3.63, 3.8) is 0 Å². The van der Waals surface area contributed by atoms with Crippen LogP contribution in [0.25, 0.3) is 6.08 Å². The minimum absolute atomic E-state index is 0.0137. The highest BCUT2D eigenvalue weighted by molar-refractivity contribution is 8.13. The summed E-state index contributed by atoms with van der Waals surface area (Å²) in [6, 6.07) is 0. The van der Waals surface area contributed by atoms with Crippen LogP contribution in [-0.4, -0.2) is 20.8 Å². The number of nitrogens with two attached hydrogens (primary N) is 1. The number of hydrogen-bond donors (Lipinski definition) is 1. The Bertz CT molecular complexity index is 474. The molecule has 0 spiro atoms. The summed E-state index contributed by atoms with van der Waals surface area (Å²) in [6.45, 7) is 1.47. The molecular formula is C10H11N3O3S. The lowest BCUT2D eigenvalue weighted by Crippen LogP contribution is -1.98. The van der Waals surface area contributed by atoms with Crippen LogP contribution in [-0.2, 0) is 4.79 Å². The number of nitrogen functional groups attached to an aromatic ring is 1. The SMILES string of the molecule is CC(=O)SCC=Cc1cncc([N+](=O)[O-])c1N. The maximum atomic E-state index is 10.7. The van der Waals surface area contributed by atoms with Gasteiger partial charge in [-0.15, -0.1) is 0 Å². The average Bonchev–Trinajstić information content (AvgIpc) is 2.25. The fraction of sp³-hybridized carbons (Fsp3) is 0.200. The van der Waals surface area contributed by atoms with Crippen molar-refractivity contribution >= 4 is 34.3 Å². The molecule has 90 valence electrons. The van der Waals surface area contributed by atoms with E-state index < -0.39 is 4.92 Å². The van der Waals surface area contributed by atoms with Crippen molar-refractivity contribution in [3.05, 3.63) is 34.1 Å². The number of aromatic nitrogens is 1. The third-order valence-electron chi connectivity index (χ3n) is 1.87. The molecule has 6 nitrogen and oxygen atoms in total. The first-order valence-corrected chi connectivity index (χ1v) is 5.68. The Balaban J connectivity index is 2.81. The van der Waals surface area contributed by atoms with E-state index in [2.05, 4.69) is 4.98 Å². The molecule has 0 aliphatic carbocycles. The van der Waals surface area contributed by atoms with E-state index in [-0.39, 0.29) is 16.5 Å². The predicted octanol–water partition coefficient (Wildman–Crippen LogP) is 1.86. The van der Waals surface area contributed by atoms with Gasteiger partial charge in [-0.3, -0.25) is 19.9 Å². The first kappa shape index (κ1) is 13.2. The van der Waals surface area contributed by atoms with Crippen molar-refractivity contribution in [1.29, 1.82) is 0 Å². The molecule has 0 amide bonds. The normalized spacial score (nSPS) is 10.6. The number of rotatable bonds is 4. The summed E-state index contributed by atoms with van der Waals surface area (Å²) in [5.74, 6) is 0.497. The highest BCUT2D eigenvalue weighted by Crippen LogP contribution is 2.24. The van der Waals surface area contributed by atoms with Crippen LogP contribution in [0.5, 0.6) is 0 Å². The van der Waals surface area contributed by atoms with E-state index in [1.165, 1.54) is 13.1 Å². The Morgan fingerprint density at radius 2 is 2.35 bits per heavy atom. The van der Waals surface area contributed by atoms with Crippen molar-refractivity contribution in [3.8, 4) is 0 Å². The number of carbonyl (C=O) groups is 1. The third-order valence-corrected chi connectivity index (χ3v) is 2.64. The quantitative estimate of drug-likeness (QED) is 0.649. The predicted molar refractivity (Wildman–Crippen MR) is 67.5 cm³/mol. The molecule has 0 atom stereocenters. The molecule has 0 radical (unpaired) electrons. The molecule has 1 aromatic heterocycles. The number of hydrogen-bond acceptors (Lipinski definition) is 6. The minimum atomic E-state index is -0.579. The van der Waals surface area contributed by atoms with Gasteiger partial charge >= 0.3 is 5.69 Å². The molecule has 2 N–H and O–H groups in total. The van der Waals surface area contributed by atoms with Gasteiger partial charge in [0.2, 0.25) is 0 Å². The molecule has 1 heterocycles. The second kappa shape index (κ2) is 6.00. The number of nitrogens with zero attached hydrogens (tertiary/aromatic N) is 2. The summed E-state index contributed by atoms with van der Waals surface area (Å²) in [6.07, 6.45) is 5.88. The Kier molecular flexibility index (Phi) is 4.65. The van der Waals surface area contributed by atoms with E-state index in [1.54, 1.807) is 12.2 Å². The van der Waals surface area contributed by atoms with Crippen LogP contribution in [0.15, 0.2) is 18.5 Å². The van der Waals surface area contributed by atoms with E-state index in [0.29, 0.717) is 11.3 Å². The molecule has 0 unspecified atom stereocenters. The summed E-state index contributed by atoms with van der Waals surface area (Å²) in [5.41, 5.74) is 5.96. The lowest BCUT2D eigenvalue weighted by atomic mass is 10.2. The lowest BCUT2D eigenvalue weighted by molar-refractivity contribution is -0.384. The Morgan fingerprint density at radius 3 is 2.94 bits per heavy atom. The van der Waals surface area contributed by atoms with E-state index in [9.17, 15) is 14.9 Å². The fourth-order valence-corrected chi connectivity index (χ4v) is 1.52. The van der Waals surface area contributed by atoms with Gasteiger partial charge in [-0.05, 0) is 0 Å². The molecule has 0 aliphatic heterocycles. The number of pyridine rings is 1. The molecule has 17 heavy (non-hydrogen) atoms. The highest BCUT2D eigenvalue weighted by Gasteiger charge is 2.13. The van der Waals surface area contributed by atoms with Crippen LogP contribution in [0.1, 0.15) is 12.5 Å². The summed E-state index contributed by atoms with van der Waals surface area (Å²) in [4.78, 5) is 24.4. The van der Waals surface area contributed by atoms with Crippen LogP contribution < -0.4 is 5.73 Å². The zero-order valence-electron chi connectivity index (χ0n) is 9.12. The van der Waals surface area contributed by atoms with Crippen LogP contribution >= 0.6 is 11.8 Å². The molecule has 0 aromatic carbocycles. The second-order valence-corrected chi connectivity index (χ2v) is 4.32. The third kappa shape index (κ3) is 3.87. The van der Waals surface area contributed by atoms with E-state index >= 15 is 0 Å². The van der Waals surface area contributed by atoms with Crippen LogP contribution in [0.4, 0.5) is 11.4 Å². The molecule has 1 aromatic rings. The summed E-state index contributed by atoms with van der Waals surface area (Å²) >= 11 is 1.15. The average molecular weight is 253 g/mol. The Labute approximate surface area is 102 Å². The first-order chi connectivity index (χ1) is 8.02. The fourth-order valence-electron chi connectivity index (χ4n) is 1.09. The van der Waals surface area contributed by atoms with Crippen molar-refractivity contribution in [2.24, 2.45) is 0 Å². The van der Waals surface area contributed by atoms with Gasteiger partial charge in [-0.1, -0.05) is 23.9 Å². The number of anilines is 1. The maximum absolute atomic E-state index is 10.7. The smallest absolute Gasteiger partial charge is 0.310 e.